The minimum Gasteiger partial charge on any atom is -0.342 e. The molecule has 2 aromatic rings. The van der Waals surface area contributed by atoms with Gasteiger partial charge in [0, 0.05) is 18.5 Å². The Balaban J connectivity index is 1.79. The molecule has 1 aromatic heterocycles. The standard InChI is InChI=1S/C17H18F3N3OS/c1-11-6-8-23(9-7-11)14(24)10-25-15-12-4-2-3-5-13(12)21-16(22-15)17(18,19)20/h2-5,11H,6-10H2,1H3. The largest absolute Gasteiger partial charge is 0.451 e. The summed E-state index contributed by atoms with van der Waals surface area (Å²) in [4.78, 5) is 21.4. The summed E-state index contributed by atoms with van der Waals surface area (Å²) in [6, 6.07) is 6.54. The number of halogens is 3. The predicted octanol–water partition coefficient (Wildman–Crippen LogP) is 4.00. The summed E-state index contributed by atoms with van der Waals surface area (Å²) in [5, 5.41) is 0.720. The lowest BCUT2D eigenvalue weighted by atomic mass is 9.99. The van der Waals surface area contributed by atoms with Crippen molar-refractivity contribution in [1.82, 2.24) is 14.9 Å². The topological polar surface area (TPSA) is 46.1 Å². The Morgan fingerprint density at radius 3 is 2.60 bits per heavy atom. The van der Waals surface area contributed by atoms with Crippen molar-refractivity contribution < 1.29 is 18.0 Å². The first-order valence-corrected chi connectivity index (χ1v) is 9.07. The second-order valence-electron chi connectivity index (χ2n) is 6.22. The Kier molecular flexibility index (Phi) is 5.17. The Hall–Kier alpha value is -1.83. The molecule has 0 spiro atoms. The van der Waals surface area contributed by atoms with E-state index < -0.39 is 12.0 Å². The number of rotatable bonds is 3. The molecule has 3 rings (SSSR count). The zero-order valence-electron chi connectivity index (χ0n) is 13.7. The molecule has 0 unspecified atom stereocenters. The molecule has 0 aliphatic carbocycles. The highest BCUT2D eigenvalue weighted by molar-refractivity contribution is 8.00. The number of nitrogens with zero attached hydrogens (tertiary/aromatic N) is 3. The van der Waals surface area contributed by atoms with Gasteiger partial charge in [-0.3, -0.25) is 4.79 Å². The van der Waals surface area contributed by atoms with Crippen LogP contribution in [0.3, 0.4) is 0 Å². The van der Waals surface area contributed by atoms with Crippen LogP contribution < -0.4 is 0 Å². The van der Waals surface area contributed by atoms with Gasteiger partial charge < -0.3 is 4.90 Å². The van der Waals surface area contributed by atoms with Crippen molar-refractivity contribution in [3.63, 3.8) is 0 Å². The molecule has 134 valence electrons. The molecule has 2 heterocycles. The van der Waals surface area contributed by atoms with E-state index in [-0.39, 0.29) is 22.2 Å². The molecule has 0 bridgehead atoms. The van der Waals surface area contributed by atoms with Crippen molar-refractivity contribution in [2.75, 3.05) is 18.8 Å². The summed E-state index contributed by atoms with van der Waals surface area (Å²) in [6.45, 7) is 3.57. The normalized spacial score (nSPS) is 16.4. The molecule has 1 aliphatic rings. The van der Waals surface area contributed by atoms with E-state index in [1.165, 1.54) is 6.07 Å². The van der Waals surface area contributed by atoms with Crippen LogP contribution in [0.4, 0.5) is 13.2 Å². The third kappa shape index (κ3) is 4.23. The van der Waals surface area contributed by atoms with Gasteiger partial charge in [-0.2, -0.15) is 13.2 Å². The Bertz CT molecular complexity index is 773. The second-order valence-corrected chi connectivity index (χ2v) is 7.18. The van der Waals surface area contributed by atoms with Crippen molar-refractivity contribution in [2.24, 2.45) is 5.92 Å². The fourth-order valence-corrected chi connectivity index (χ4v) is 3.69. The predicted molar refractivity (Wildman–Crippen MR) is 90.2 cm³/mol. The molecular weight excluding hydrogens is 351 g/mol. The maximum Gasteiger partial charge on any atom is 0.451 e. The van der Waals surface area contributed by atoms with E-state index >= 15 is 0 Å². The summed E-state index contributed by atoms with van der Waals surface area (Å²) in [7, 11) is 0. The van der Waals surface area contributed by atoms with Gasteiger partial charge in [0.2, 0.25) is 11.7 Å². The molecule has 1 fully saturated rings. The maximum atomic E-state index is 13.0. The van der Waals surface area contributed by atoms with Gasteiger partial charge in [-0.15, -0.1) is 0 Å². The minimum atomic E-state index is -4.62. The van der Waals surface area contributed by atoms with Crippen LogP contribution in [0.25, 0.3) is 10.9 Å². The number of para-hydroxylation sites is 1. The number of benzene rings is 1. The smallest absolute Gasteiger partial charge is 0.342 e. The number of thioether (sulfide) groups is 1. The molecule has 0 radical (unpaired) electrons. The number of amides is 1. The molecule has 0 atom stereocenters. The molecule has 8 heteroatoms. The summed E-state index contributed by atoms with van der Waals surface area (Å²) >= 11 is 1.04. The first kappa shape index (κ1) is 18.0. The Morgan fingerprint density at radius 1 is 1.24 bits per heavy atom. The number of hydrogen-bond acceptors (Lipinski definition) is 4. The van der Waals surface area contributed by atoms with Gasteiger partial charge in [0.15, 0.2) is 0 Å². The highest BCUT2D eigenvalue weighted by Gasteiger charge is 2.35. The van der Waals surface area contributed by atoms with Crippen LogP contribution in [0.1, 0.15) is 25.6 Å². The summed E-state index contributed by atoms with van der Waals surface area (Å²) in [5.74, 6) is -0.551. The Morgan fingerprint density at radius 2 is 1.92 bits per heavy atom. The van der Waals surface area contributed by atoms with E-state index in [0.29, 0.717) is 24.4 Å². The molecule has 4 nitrogen and oxygen atoms in total. The quantitative estimate of drug-likeness (QED) is 0.606. The van der Waals surface area contributed by atoms with Gasteiger partial charge >= 0.3 is 6.18 Å². The lowest BCUT2D eigenvalue weighted by Crippen LogP contribution is -2.38. The van der Waals surface area contributed by atoms with Gasteiger partial charge in [0.25, 0.3) is 0 Å². The van der Waals surface area contributed by atoms with Crippen molar-refractivity contribution in [2.45, 2.75) is 31.0 Å². The van der Waals surface area contributed by atoms with Gasteiger partial charge in [-0.05, 0) is 24.8 Å². The van der Waals surface area contributed by atoms with Gasteiger partial charge in [0.1, 0.15) is 5.03 Å². The van der Waals surface area contributed by atoms with E-state index in [9.17, 15) is 18.0 Å². The molecule has 1 amide bonds. The van der Waals surface area contributed by atoms with Crippen LogP contribution in [-0.4, -0.2) is 39.6 Å². The van der Waals surface area contributed by atoms with Crippen LogP contribution >= 0.6 is 11.8 Å². The average molecular weight is 369 g/mol. The SMILES string of the molecule is CC1CCN(C(=O)CSc2nc(C(F)(F)F)nc3ccccc23)CC1. The van der Waals surface area contributed by atoms with E-state index in [4.69, 9.17) is 0 Å². The number of fused-ring (bicyclic) bond motifs is 1. The van der Waals surface area contributed by atoms with Gasteiger partial charge in [-0.1, -0.05) is 36.9 Å². The highest BCUT2D eigenvalue weighted by atomic mass is 32.2. The number of piperidine rings is 1. The lowest BCUT2D eigenvalue weighted by Gasteiger charge is -2.30. The van der Waals surface area contributed by atoms with E-state index in [1.54, 1.807) is 23.1 Å². The number of aromatic nitrogens is 2. The third-order valence-corrected chi connectivity index (χ3v) is 5.27. The molecule has 0 N–H and O–H groups in total. The number of likely N-dealkylation sites (tertiary alicyclic amines) is 1. The summed E-state index contributed by atoms with van der Waals surface area (Å²) in [5.41, 5.74) is 0.228. The molecule has 1 saturated heterocycles. The highest BCUT2D eigenvalue weighted by Crippen LogP contribution is 2.32. The van der Waals surface area contributed by atoms with Crippen molar-refractivity contribution in [3.05, 3.63) is 30.1 Å². The van der Waals surface area contributed by atoms with Crippen molar-refractivity contribution in [1.29, 1.82) is 0 Å². The Labute approximate surface area is 147 Å². The summed E-state index contributed by atoms with van der Waals surface area (Å²) in [6.07, 6.45) is -2.69. The van der Waals surface area contributed by atoms with Crippen molar-refractivity contribution in [3.8, 4) is 0 Å². The van der Waals surface area contributed by atoms with Crippen LogP contribution in [0.2, 0.25) is 0 Å². The number of carbonyl (C=O) groups excluding carboxylic acids is 1. The van der Waals surface area contributed by atoms with Crippen molar-refractivity contribution >= 4 is 28.6 Å². The average Bonchev–Trinajstić information content (AvgIpc) is 2.59. The molecule has 1 aliphatic heterocycles. The zero-order valence-corrected chi connectivity index (χ0v) is 14.5. The second kappa shape index (κ2) is 7.19. The van der Waals surface area contributed by atoms with Gasteiger partial charge in [-0.25, -0.2) is 9.97 Å². The third-order valence-electron chi connectivity index (χ3n) is 4.29. The van der Waals surface area contributed by atoms with Crippen LogP contribution in [0.15, 0.2) is 29.3 Å². The first-order chi connectivity index (χ1) is 11.8. The lowest BCUT2D eigenvalue weighted by molar-refractivity contribution is -0.145. The zero-order chi connectivity index (χ0) is 18.0. The number of carbonyl (C=O) groups is 1. The van der Waals surface area contributed by atoms with Crippen LogP contribution in [-0.2, 0) is 11.0 Å². The molecule has 25 heavy (non-hydrogen) atoms. The van der Waals surface area contributed by atoms with E-state index in [2.05, 4.69) is 16.9 Å². The fourth-order valence-electron chi connectivity index (χ4n) is 2.76. The number of alkyl halides is 3. The number of hydrogen-bond donors (Lipinski definition) is 0. The molecule has 0 saturated carbocycles. The van der Waals surface area contributed by atoms with Gasteiger partial charge in [0.05, 0.1) is 11.3 Å². The molecule has 1 aromatic carbocycles. The monoisotopic (exact) mass is 369 g/mol. The van der Waals surface area contributed by atoms with E-state index in [0.717, 1.165) is 24.6 Å². The maximum absolute atomic E-state index is 13.0. The minimum absolute atomic E-state index is 0.0619. The van der Waals surface area contributed by atoms with Crippen LogP contribution in [0, 0.1) is 5.92 Å². The fraction of sp³-hybridized carbons (Fsp3) is 0.471. The van der Waals surface area contributed by atoms with Crippen LogP contribution in [0.5, 0.6) is 0 Å². The first-order valence-electron chi connectivity index (χ1n) is 8.09. The van der Waals surface area contributed by atoms with E-state index in [1.807, 2.05) is 0 Å². The molecular formula is C17H18F3N3OS. The summed E-state index contributed by atoms with van der Waals surface area (Å²) < 4.78 is 39.0.